The van der Waals surface area contributed by atoms with Gasteiger partial charge in [0.25, 0.3) is 0 Å². The number of nitrogens with zero attached hydrogens (tertiary/aromatic N) is 2. The van der Waals surface area contributed by atoms with Crippen LogP contribution in [0.1, 0.15) is 11.1 Å². The van der Waals surface area contributed by atoms with E-state index in [0.29, 0.717) is 17.3 Å². The maximum absolute atomic E-state index is 13.8. The maximum atomic E-state index is 13.8. The molecule has 2 aromatic rings. The summed E-state index contributed by atoms with van der Waals surface area (Å²) in [5.41, 5.74) is 0.810. The minimum atomic E-state index is -0.538. The fourth-order valence-electron chi connectivity index (χ4n) is 1.85. The first-order chi connectivity index (χ1) is 10.1. The van der Waals surface area contributed by atoms with Gasteiger partial charge in [-0.25, -0.2) is 18.7 Å². The van der Waals surface area contributed by atoms with E-state index in [9.17, 15) is 8.78 Å². The Kier molecular flexibility index (Phi) is 4.52. The van der Waals surface area contributed by atoms with Crippen LogP contribution in [-0.4, -0.2) is 24.2 Å². The molecule has 7 heteroatoms. The number of benzene rings is 1. The highest BCUT2D eigenvalue weighted by atomic mass is 19.1. The number of hydrogen-bond acceptors (Lipinski definition) is 5. The topological polar surface area (TPSA) is 56.3 Å². The Morgan fingerprint density at radius 1 is 1.05 bits per heavy atom. The van der Waals surface area contributed by atoms with Crippen LogP contribution >= 0.6 is 0 Å². The molecule has 0 bridgehead atoms. The summed E-state index contributed by atoms with van der Waals surface area (Å²) in [6, 6.07) is 2.24. The number of halogens is 2. The maximum Gasteiger partial charge on any atom is 0.225 e. The van der Waals surface area contributed by atoms with E-state index in [4.69, 9.17) is 9.47 Å². The van der Waals surface area contributed by atoms with E-state index in [1.807, 2.05) is 0 Å². The van der Waals surface area contributed by atoms with Gasteiger partial charge >= 0.3 is 0 Å². The van der Waals surface area contributed by atoms with Crippen LogP contribution in [-0.2, 0) is 6.54 Å². The molecular weight excluding hydrogens is 280 g/mol. The Labute approximate surface area is 120 Å². The van der Waals surface area contributed by atoms with Gasteiger partial charge in [-0.2, -0.15) is 0 Å². The highest BCUT2D eigenvalue weighted by molar-refractivity contribution is 5.48. The van der Waals surface area contributed by atoms with E-state index >= 15 is 0 Å². The molecule has 0 fully saturated rings. The second-order valence-corrected chi connectivity index (χ2v) is 4.31. The van der Waals surface area contributed by atoms with Gasteiger partial charge < -0.3 is 14.8 Å². The number of anilines is 1. The predicted molar refractivity (Wildman–Crippen MR) is 73.6 cm³/mol. The summed E-state index contributed by atoms with van der Waals surface area (Å²) in [6.07, 6.45) is 1.30. The molecule has 1 aromatic carbocycles. The predicted octanol–water partition coefficient (Wildman–Crippen LogP) is 2.69. The quantitative estimate of drug-likeness (QED) is 0.919. The first-order valence-electron chi connectivity index (χ1n) is 6.18. The van der Waals surface area contributed by atoms with Crippen molar-refractivity contribution in [2.45, 2.75) is 13.5 Å². The molecule has 0 aliphatic rings. The summed E-state index contributed by atoms with van der Waals surface area (Å²) in [4.78, 5) is 7.90. The molecule has 1 N–H and O–H groups in total. The molecule has 2 rings (SSSR count). The average molecular weight is 295 g/mol. The second kappa shape index (κ2) is 6.34. The van der Waals surface area contributed by atoms with E-state index in [-0.39, 0.29) is 17.8 Å². The molecule has 21 heavy (non-hydrogen) atoms. The normalized spacial score (nSPS) is 10.3. The fourth-order valence-corrected chi connectivity index (χ4v) is 1.85. The molecule has 0 atom stereocenters. The van der Waals surface area contributed by atoms with Crippen LogP contribution in [0.5, 0.6) is 11.8 Å². The number of ether oxygens (including phenoxy) is 2. The van der Waals surface area contributed by atoms with Crippen LogP contribution in [0.25, 0.3) is 0 Å². The second-order valence-electron chi connectivity index (χ2n) is 4.31. The van der Waals surface area contributed by atoms with Crippen LogP contribution in [0.4, 0.5) is 14.5 Å². The van der Waals surface area contributed by atoms with Crippen molar-refractivity contribution in [3.8, 4) is 11.8 Å². The van der Waals surface area contributed by atoms with Crippen molar-refractivity contribution in [1.29, 1.82) is 0 Å². The molecule has 0 saturated heterocycles. The average Bonchev–Trinajstić information content (AvgIpc) is 2.49. The van der Waals surface area contributed by atoms with Gasteiger partial charge in [0.15, 0.2) is 0 Å². The van der Waals surface area contributed by atoms with Crippen LogP contribution < -0.4 is 14.8 Å². The third-order valence-electron chi connectivity index (χ3n) is 2.96. The van der Waals surface area contributed by atoms with Gasteiger partial charge in [-0.1, -0.05) is 0 Å². The molecule has 0 spiro atoms. The standard InChI is InChI=1S/C14H15F2N3O2/c1-8-4-11(16)12(5-10(8)15)17-6-9-13(20-2)18-7-19-14(9)21-3/h4-5,7,17H,6H2,1-3H3. The third kappa shape index (κ3) is 3.18. The van der Waals surface area contributed by atoms with Crippen molar-refractivity contribution in [1.82, 2.24) is 9.97 Å². The third-order valence-corrected chi connectivity index (χ3v) is 2.96. The largest absolute Gasteiger partial charge is 0.481 e. The van der Waals surface area contributed by atoms with Gasteiger partial charge in [-0.15, -0.1) is 0 Å². The minimum absolute atomic E-state index is 0.0473. The summed E-state index contributed by atoms with van der Waals surface area (Å²) >= 11 is 0. The lowest BCUT2D eigenvalue weighted by atomic mass is 10.2. The summed E-state index contributed by atoms with van der Waals surface area (Å²) in [7, 11) is 2.91. The fraction of sp³-hybridized carbons (Fsp3) is 0.286. The molecule has 0 aliphatic heterocycles. The highest BCUT2D eigenvalue weighted by Crippen LogP contribution is 2.26. The zero-order valence-corrected chi connectivity index (χ0v) is 11.9. The SMILES string of the molecule is COc1ncnc(OC)c1CNc1cc(F)c(C)cc1F. The van der Waals surface area contributed by atoms with Crippen molar-refractivity contribution >= 4 is 5.69 Å². The van der Waals surface area contributed by atoms with E-state index in [2.05, 4.69) is 15.3 Å². The van der Waals surface area contributed by atoms with Crippen molar-refractivity contribution in [3.05, 3.63) is 41.2 Å². The van der Waals surface area contributed by atoms with Gasteiger partial charge in [0.2, 0.25) is 11.8 Å². The molecule has 112 valence electrons. The Balaban J connectivity index is 2.26. The van der Waals surface area contributed by atoms with E-state index in [1.165, 1.54) is 27.5 Å². The van der Waals surface area contributed by atoms with Gasteiger partial charge in [0.05, 0.1) is 32.0 Å². The Bertz CT molecular complexity index is 628. The van der Waals surface area contributed by atoms with Crippen molar-refractivity contribution in [2.24, 2.45) is 0 Å². The number of aromatic nitrogens is 2. The zero-order chi connectivity index (χ0) is 15.4. The van der Waals surface area contributed by atoms with Gasteiger partial charge in [0, 0.05) is 6.07 Å². The Morgan fingerprint density at radius 3 is 2.24 bits per heavy atom. The number of methoxy groups -OCH3 is 2. The molecule has 0 aliphatic carbocycles. The Morgan fingerprint density at radius 2 is 1.67 bits per heavy atom. The van der Waals surface area contributed by atoms with Crippen molar-refractivity contribution in [3.63, 3.8) is 0 Å². The molecule has 0 unspecified atom stereocenters. The van der Waals surface area contributed by atoms with Crippen LogP contribution in [0, 0.1) is 18.6 Å². The van der Waals surface area contributed by atoms with Gasteiger partial charge in [-0.05, 0) is 18.6 Å². The van der Waals surface area contributed by atoms with E-state index in [0.717, 1.165) is 12.1 Å². The molecule has 0 radical (unpaired) electrons. The highest BCUT2D eigenvalue weighted by Gasteiger charge is 2.14. The van der Waals surface area contributed by atoms with Gasteiger partial charge in [0.1, 0.15) is 18.0 Å². The zero-order valence-electron chi connectivity index (χ0n) is 11.9. The van der Waals surface area contributed by atoms with Crippen molar-refractivity contribution < 1.29 is 18.3 Å². The van der Waals surface area contributed by atoms with Gasteiger partial charge in [-0.3, -0.25) is 0 Å². The van der Waals surface area contributed by atoms with Crippen LogP contribution in [0.15, 0.2) is 18.5 Å². The summed E-state index contributed by atoms with van der Waals surface area (Å²) in [5.74, 6) is -0.407. The summed E-state index contributed by atoms with van der Waals surface area (Å²) in [6.45, 7) is 1.63. The Hall–Kier alpha value is -2.44. The molecular formula is C14H15F2N3O2. The lowest BCUT2D eigenvalue weighted by molar-refractivity contribution is 0.363. The minimum Gasteiger partial charge on any atom is -0.481 e. The first kappa shape index (κ1) is 15.0. The summed E-state index contributed by atoms with van der Waals surface area (Å²) in [5, 5.41) is 2.79. The molecule has 0 saturated carbocycles. The molecule has 1 heterocycles. The van der Waals surface area contributed by atoms with Crippen molar-refractivity contribution in [2.75, 3.05) is 19.5 Å². The van der Waals surface area contributed by atoms with E-state index in [1.54, 1.807) is 0 Å². The molecule has 0 amide bonds. The molecule has 1 aromatic heterocycles. The number of nitrogens with one attached hydrogen (secondary N) is 1. The monoisotopic (exact) mass is 295 g/mol. The smallest absolute Gasteiger partial charge is 0.225 e. The van der Waals surface area contributed by atoms with E-state index < -0.39 is 11.6 Å². The van der Waals surface area contributed by atoms with Crippen LogP contribution in [0.3, 0.4) is 0 Å². The number of aryl methyl sites for hydroxylation is 1. The lowest BCUT2D eigenvalue weighted by Gasteiger charge is -2.13. The summed E-state index contributed by atoms with van der Waals surface area (Å²) < 4.78 is 37.5. The number of rotatable bonds is 5. The van der Waals surface area contributed by atoms with Crippen LogP contribution in [0.2, 0.25) is 0 Å². The lowest BCUT2D eigenvalue weighted by Crippen LogP contribution is -2.08. The molecule has 5 nitrogen and oxygen atoms in total. The number of hydrogen-bond donors (Lipinski definition) is 1. The first-order valence-corrected chi connectivity index (χ1v) is 6.18.